The summed E-state index contributed by atoms with van der Waals surface area (Å²) >= 11 is 0. The van der Waals surface area contributed by atoms with Gasteiger partial charge >= 0.3 is 0 Å². The number of hydrogen-bond donors (Lipinski definition) is 2. The molecular formula is C17H20N4O2. The van der Waals surface area contributed by atoms with Crippen LogP contribution in [0.2, 0.25) is 0 Å². The van der Waals surface area contributed by atoms with Gasteiger partial charge in [0, 0.05) is 31.4 Å². The molecule has 1 heterocycles. The van der Waals surface area contributed by atoms with Crippen molar-refractivity contribution in [2.24, 2.45) is 13.0 Å². The number of carbonyl (C=O) groups excluding carboxylic acids is 2. The van der Waals surface area contributed by atoms with Gasteiger partial charge in [0.05, 0.1) is 11.8 Å². The first kappa shape index (κ1) is 15.3. The molecule has 1 aliphatic rings. The molecule has 0 spiro atoms. The Morgan fingerprint density at radius 2 is 2.17 bits per heavy atom. The number of nitrogens with zero attached hydrogens (tertiary/aromatic N) is 2. The molecule has 23 heavy (non-hydrogen) atoms. The Balaban J connectivity index is 1.56. The van der Waals surface area contributed by atoms with Crippen molar-refractivity contribution in [3.8, 4) is 0 Å². The average molecular weight is 312 g/mol. The van der Waals surface area contributed by atoms with E-state index in [1.54, 1.807) is 17.9 Å². The Morgan fingerprint density at radius 1 is 1.35 bits per heavy atom. The van der Waals surface area contributed by atoms with Crippen LogP contribution in [0.5, 0.6) is 0 Å². The Hall–Kier alpha value is -2.63. The van der Waals surface area contributed by atoms with Gasteiger partial charge in [-0.2, -0.15) is 5.10 Å². The molecule has 0 saturated heterocycles. The first-order chi connectivity index (χ1) is 11.1. The molecule has 1 saturated carbocycles. The zero-order chi connectivity index (χ0) is 16.2. The van der Waals surface area contributed by atoms with Gasteiger partial charge in [0.1, 0.15) is 0 Å². The maximum absolute atomic E-state index is 12.0. The number of anilines is 1. The first-order valence-electron chi connectivity index (χ1n) is 7.78. The lowest BCUT2D eigenvalue weighted by Gasteiger charge is -2.24. The smallest absolute Gasteiger partial charge is 0.254 e. The molecule has 1 aliphatic carbocycles. The van der Waals surface area contributed by atoms with E-state index in [4.69, 9.17) is 0 Å². The average Bonchev–Trinajstić information content (AvgIpc) is 2.90. The van der Waals surface area contributed by atoms with E-state index in [1.807, 2.05) is 24.3 Å². The lowest BCUT2D eigenvalue weighted by molar-refractivity contribution is -0.122. The van der Waals surface area contributed by atoms with Crippen LogP contribution in [-0.4, -0.2) is 21.6 Å². The Morgan fingerprint density at radius 3 is 2.83 bits per heavy atom. The number of amides is 2. The van der Waals surface area contributed by atoms with E-state index in [-0.39, 0.29) is 17.7 Å². The SMILES string of the molecule is Cn1cc(C(=O)NCc2cccc(NC(=O)C3CCC3)c2)cn1. The Kier molecular flexibility index (Phi) is 4.41. The van der Waals surface area contributed by atoms with Crippen LogP contribution in [0.25, 0.3) is 0 Å². The predicted octanol–water partition coefficient (Wildman–Crippen LogP) is 2.09. The highest BCUT2D eigenvalue weighted by Crippen LogP contribution is 2.27. The van der Waals surface area contributed by atoms with Gasteiger partial charge in [-0.1, -0.05) is 18.6 Å². The Labute approximate surface area is 134 Å². The van der Waals surface area contributed by atoms with Gasteiger partial charge in [0.25, 0.3) is 5.91 Å². The van der Waals surface area contributed by atoms with Crippen LogP contribution in [0, 0.1) is 5.92 Å². The fraction of sp³-hybridized carbons (Fsp3) is 0.353. The fourth-order valence-corrected chi connectivity index (χ4v) is 2.50. The highest BCUT2D eigenvalue weighted by molar-refractivity contribution is 5.94. The van der Waals surface area contributed by atoms with Gasteiger partial charge in [-0.25, -0.2) is 0 Å². The Bertz CT molecular complexity index is 719. The van der Waals surface area contributed by atoms with E-state index in [9.17, 15) is 9.59 Å². The van der Waals surface area contributed by atoms with E-state index in [0.717, 1.165) is 30.5 Å². The minimum atomic E-state index is -0.165. The molecule has 0 radical (unpaired) electrons. The van der Waals surface area contributed by atoms with Crippen molar-refractivity contribution in [3.05, 3.63) is 47.8 Å². The standard InChI is InChI=1S/C17H20N4O2/c1-21-11-14(10-19-21)16(22)18-9-12-4-2-7-15(8-12)20-17(23)13-5-3-6-13/h2,4,7-8,10-11,13H,3,5-6,9H2,1H3,(H,18,22)(H,20,23). The van der Waals surface area contributed by atoms with E-state index >= 15 is 0 Å². The number of aromatic nitrogens is 2. The second-order valence-electron chi connectivity index (χ2n) is 5.90. The molecule has 2 aromatic rings. The highest BCUT2D eigenvalue weighted by Gasteiger charge is 2.25. The van der Waals surface area contributed by atoms with Crippen molar-refractivity contribution in [1.29, 1.82) is 0 Å². The number of nitrogens with one attached hydrogen (secondary N) is 2. The van der Waals surface area contributed by atoms with Gasteiger partial charge in [-0.3, -0.25) is 14.3 Å². The number of aryl methyl sites for hydroxylation is 1. The minimum Gasteiger partial charge on any atom is -0.348 e. The van der Waals surface area contributed by atoms with E-state index < -0.39 is 0 Å². The third kappa shape index (κ3) is 3.77. The van der Waals surface area contributed by atoms with Crippen LogP contribution in [0.4, 0.5) is 5.69 Å². The van der Waals surface area contributed by atoms with Crippen molar-refractivity contribution in [2.75, 3.05) is 5.32 Å². The van der Waals surface area contributed by atoms with Gasteiger partial charge in [0.15, 0.2) is 0 Å². The number of hydrogen-bond acceptors (Lipinski definition) is 3. The summed E-state index contributed by atoms with van der Waals surface area (Å²) in [5.41, 5.74) is 2.24. The second kappa shape index (κ2) is 6.64. The second-order valence-corrected chi connectivity index (χ2v) is 5.90. The van der Waals surface area contributed by atoms with Crippen LogP contribution in [0.1, 0.15) is 35.2 Å². The molecule has 2 N–H and O–H groups in total. The van der Waals surface area contributed by atoms with Crippen LogP contribution in [-0.2, 0) is 18.4 Å². The van der Waals surface area contributed by atoms with Crippen molar-refractivity contribution in [3.63, 3.8) is 0 Å². The minimum absolute atomic E-state index is 0.0906. The summed E-state index contributed by atoms with van der Waals surface area (Å²) < 4.78 is 1.59. The molecular weight excluding hydrogens is 292 g/mol. The van der Waals surface area contributed by atoms with Crippen molar-refractivity contribution in [2.45, 2.75) is 25.8 Å². The van der Waals surface area contributed by atoms with Crippen LogP contribution < -0.4 is 10.6 Å². The van der Waals surface area contributed by atoms with Crippen molar-refractivity contribution < 1.29 is 9.59 Å². The van der Waals surface area contributed by atoms with Gasteiger partial charge < -0.3 is 10.6 Å². The molecule has 1 aromatic carbocycles. The molecule has 0 aliphatic heterocycles. The first-order valence-corrected chi connectivity index (χ1v) is 7.78. The van der Waals surface area contributed by atoms with Crippen molar-refractivity contribution >= 4 is 17.5 Å². The molecule has 0 atom stereocenters. The van der Waals surface area contributed by atoms with Gasteiger partial charge in [0.2, 0.25) is 5.91 Å². The lowest BCUT2D eigenvalue weighted by atomic mass is 9.85. The summed E-state index contributed by atoms with van der Waals surface area (Å²) in [7, 11) is 1.77. The van der Waals surface area contributed by atoms with E-state index in [1.165, 1.54) is 6.20 Å². The van der Waals surface area contributed by atoms with Crippen LogP contribution >= 0.6 is 0 Å². The van der Waals surface area contributed by atoms with Gasteiger partial charge in [-0.15, -0.1) is 0 Å². The number of carbonyl (C=O) groups is 2. The van der Waals surface area contributed by atoms with Gasteiger partial charge in [-0.05, 0) is 30.5 Å². The third-order valence-corrected chi connectivity index (χ3v) is 4.09. The fourth-order valence-electron chi connectivity index (χ4n) is 2.50. The van der Waals surface area contributed by atoms with Crippen LogP contribution in [0.15, 0.2) is 36.7 Å². The number of benzene rings is 1. The summed E-state index contributed by atoms with van der Waals surface area (Å²) in [5.74, 6) is 0.0822. The molecule has 0 bridgehead atoms. The molecule has 1 aromatic heterocycles. The van der Waals surface area contributed by atoms with Crippen molar-refractivity contribution in [1.82, 2.24) is 15.1 Å². The van der Waals surface area contributed by atoms with E-state index in [0.29, 0.717) is 12.1 Å². The summed E-state index contributed by atoms with van der Waals surface area (Å²) in [5, 5.41) is 9.77. The zero-order valence-corrected chi connectivity index (χ0v) is 13.1. The molecule has 3 rings (SSSR count). The zero-order valence-electron chi connectivity index (χ0n) is 13.1. The summed E-state index contributed by atoms with van der Waals surface area (Å²) in [6, 6.07) is 7.55. The molecule has 0 unspecified atom stereocenters. The molecule has 2 amide bonds. The third-order valence-electron chi connectivity index (χ3n) is 4.09. The van der Waals surface area contributed by atoms with Crippen LogP contribution in [0.3, 0.4) is 0 Å². The van der Waals surface area contributed by atoms with E-state index in [2.05, 4.69) is 15.7 Å². The molecule has 120 valence electrons. The normalized spacial score (nSPS) is 14.1. The topological polar surface area (TPSA) is 76.0 Å². The number of rotatable bonds is 5. The summed E-state index contributed by atoms with van der Waals surface area (Å²) in [4.78, 5) is 24.0. The lowest BCUT2D eigenvalue weighted by Crippen LogP contribution is -2.28. The molecule has 1 fully saturated rings. The monoisotopic (exact) mass is 312 g/mol. The quantitative estimate of drug-likeness (QED) is 0.887. The largest absolute Gasteiger partial charge is 0.348 e. The molecule has 6 heteroatoms. The summed E-state index contributed by atoms with van der Waals surface area (Å²) in [6.07, 6.45) is 6.30. The predicted molar refractivity (Wildman–Crippen MR) is 86.8 cm³/mol. The maximum atomic E-state index is 12.0. The summed E-state index contributed by atoms with van der Waals surface area (Å²) in [6.45, 7) is 0.404. The maximum Gasteiger partial charge on any atom is 0.254 e. The highest BCUT2D eigenvalue weighted by atomic mass is 16.2. The molecule has 6 nitrogen and oxygen atoms in total.